The number of nitrogens with zero attached hydrogens (tertiary/aromatic N) is 1. The van der Waals surface area contributed by atoms with Crippen molar-refractivity contribution in [2.45, 2.75) is 19.4 Å². The van der Waals surface area contributed by atoms with Gasteiger partial charge in [-0.25, -0.2) is 4.39 Å². The number of nitrogens with two attached hydrogens (primary N) is 1. The molecule has 0 aliphatic heterocycles. The van der Waals surface area contributed by atoms with Gasteiger partial charge >= 0.3 is 0 Å². The van der Waals surface area contributed by atoms with E-state index in [0.29, 0.717) is 5.56 Å². The highest BCUT2D eigenvalue weighted by Gasteiger charge is 2.07. The van der Waals surface area contributed by atoms with Crippen molar-refractivity contribution in [3.05, 3.63) is 65.5 Å². The van der Waals surface area contributed by atoms with Gasteiger partial charge in [-0.2, -0.15) is 0 Å². The number of hydrogen-bond acceptors (Lipinski definition) is 2. The lowest BCUT2D eigenvalue weighted by molar-refractivity contribution is 0.187. The van der Waals surface area contributed by atoms with Crippen LogP contribution >= 0.6 is 0 Å². The molecule has 1 unspecified atom stereocenters. The van der Waals surface area contributed by atoms with E-state index in [9.17, 15) is 9.50 Å². The van der Waals surface area contributed by atoms with Crippen LogP contribution in [0.1, 0.15) is 24.2 Å². The molecular weight excluding hydrogens is 281 g/mol. The van der Waals surface area contributed by atoms with Gasteiger partial charge in [0.05, 0.1) is 12.6 Å². The molecular formula is C17H20FN3O. The van der Waals surface area contributed by atoms with Crippen molar-refractivity contribution in [3.8, 4) is 0 Å². The molecule has 116 valence electrons. The Kier molecular flexibility index (Phi) is 5.49. The van der Waals surface area contributed by atoms with Crippen molar-refractivity contribution in [1.29, 1.82) is 0 Å². The van der Waals surface area contributed by atoms with E-state index >= 15 is 0 Å². The maximum Gasteiger partial charge on any atom is 0.193 e. The number of aliphatic hydroxyl groups is 1. The van der Waals surface area contributed by atoms with Crippen LogP contribution in [0.15, 0.2) is 53.5 Å². The van der Waals surface area contributed by atoms with Gasteiger partial charge in [-0.3, -0.25) is 4.99 Å². The summed E-state index contributed by atoms with van der Waals surface area (Å²) in [5.41, 5.74) is 8.48. The lowest BCUT2D eigenvalue weighted by Crippen LogP contribution is -2.23. The highest BCUT2D eigenvalue weighted by atomic mass is 19.1. The molecule has 2 aromatic carbocycles. The molecule has 0 saturated carbocycles. The van der Waals surface area contributed by atoms with Crippen LogP contribution in [0, 0.1) is 5.82 Å². The molecule has 0 heterocycles. The van der Waals surface area contributed by atoms with Gasteiger partial charge in [-0.1, -0.05) is 31.2 Å². The number of hydrogen-bond donors (Lipinski definition) is 3. The quantitative estimate of drug-likeness (QED) is 0.587. The molecule has 0 aromatic heterocycles. The molecule has 0 aliphatic carbocycles. The van der Waals surface area contributed by atoms with E-state index in [0.717, 1.165) is 12.1 Å². The fourth-order valence-electron chi connectivity index (χ4n) is 1.99. The Morgan fingerprint density at radius 1 is 1.18 bits per heavy atom. The van der Waals surface area contributed by atoms with E-state index in [2.05, 4.69) is 17.2 Å². The van der Waals surface area contributed by atoms with Gasteiger partial charge in [0.1, 0.15) is 5.82 Å². The van der Waals surface area contributed by atoms with Gasteiger partial charge < -0.3 is 16.2 Å². The number of aliphatic imine (C=N–C) groups is 1. The normalized spacial score (nSPS) is 13.0. The molecule has 0 spiro atoms. The smallest absolute Gasteiger partial charge is 0.193 e. The average Bonchev–Trinajstić information content (AvgIpc) is 2.54. The summed E-state index contributed by atoms with van der Waals surface area (Å²) >= 11 is 0. The van der Waals surface area contributed by atoms with E-state index < -0.39 is 6.10 Å². The number of aliphatic hydroxyl groups excluding tert-OH is 1. The first-order valence-corrected chi connectivity index (χ1v) is 7.18. The number of nitrogens with one attached hydrogen (secondary N) is 1. The third-order valence-corrected chi connectivity index (χ3v) is 3.32. The van der Waals surface area contributed by atoms with Crippen LogP contribution < -0.4 is 11.1 Å². The standard InChI is InChI=1S/C17H20FN3O/c1-2-12-3-9-15(10-4-12)21-17(19)20-11-16(22)13-5-7-14(18)8-6-13/h3-10,16,22H,2,11H2,1H3,(H3,19,20,21). The molecule has 0 aliphatic rings. The molecule has 5 heteroatoms. The minimum Gasteiger partial charge on any atom is -0.386 e. The molecule has 0 fully saturated rings. The van der Waals surface area contributed by atoms with Crippen molar-refractivity contribution in [2.24, 2.45) is 10.7 Å². The van der Waals surface area contributed by atoms with Crippen molar-refractivity contribution in [2.75, 3.05) is 11.9 Å². The van der Waals surface area contributed by atoms with Crippen LogP contribution in [0.2, 0.25) is 0 Å². The Hall–Kier alpha value is -2.40. The summed E-state index contributed by atoms with van der Waals surface area (Å²) in [4.78, 5) is 4.10. The third-order valence-electron chi connectivity index (χ3n) is 3.32. The fraction of sp³-hybridized carbons (Fsp3) is 0.235. The fourth-order valence-corrected chi connectivity index (χ4v) is 1.99. The van der Waals surface area contributed by atoms with Crippen LogP contribution in [0.25, 0.3) is 0 Å². The number of anilines is 1. The third kappa shape index (κ3) is 4.56. The van der Waals surface area contributed by atoms with E-state index in [4.69, 9.17) is 5.73 Å². The summed E-state index contributed by atoms with van der Waals surface area (Å²) in [6, 6.07) is 13.6. The Balaban J connectivity index is 1.92. The van der Waals surface area contributed by atoms with Crippen molar-refractivity contribution in [1.82, 2.24) is 0 Å². The Bertz CT molecular complexity index is 623. The number of guanidine groups is 1. The summed E-state index contributed by atoms with van der Waals surface area (Å²) in [5.74, 6) is -0.110. The van der Waals surface area contributed by atoms with Crippen LogP contribution in [0.3, 0.4) is 0 Å². The lowest BCUT2D eigenvalue weighted by Gasteiger charge is -2.10. The Morgan fingerprint density at radius 3 is 2.41 bits per heavy atom. The van der Waals surface area contributed by atoms with E-state index in [1.807, 2.05) is 24.3 Å². The van der Waals surface area contributed by atoms with Crippen LogP contribution in [-0.4, -0.2) is 17.6 Å². The second kappa shape index (κ2) is 7.56. The first-order chi connectivity index (χ1) is 10.6. The second-order valence-corrected chi connectivity index (χ2v) is 4.97. The highest BCUT2D eigenvalue weighted by Crippen LogP contribution is 2.14. The zero-order chi connectivity index (χ0) is 15.9. The summed E-state index contributed by atoms with van der Waals surface area (Å²) in [6.45, 7) is 2.20. The van der Waals surface area contributed by atoms with Gasteiger partial charge in [-0.05, 0) is 41.8 Å². The zero-order valence-corrected chi connectivity index (χ0v) is 12.5. The number of rotatable bonds is 5. The van der Waals surface area contributed by atoms with Crippen molar-refractivity contribution >= 4 is 11.6 Å². The van der Waals surface area contributed by atoms with E-state index in [-0.39, 0.29) is 18.3 Å². The molecule has 0 radical (unpaired) electrons. The van der Waals surface area contributed by atoms with Crippen LogP contribution in [-0.2, 0) is 6.42 Å². The topological polar surface area (TPSA) is 70.6 Å². The predicted molar refractivity (Wildman–Crippen MR) is 87.3 cm³/mol. The molecule has 4 N–H and O–H groups in total. The van der Waals surface area contributed by atoms with Crippen molar-refractivity contribution < 1.29 is 9.50 Å². The zero-order valence-electron chi connectivity index (χ0n) is 12.5. The first kappa shape index (κ1) is 16.0. The van der Waals surface area contributed by atoms with Gasteiger partial charge in [0.15, 0.2) is 5.96 Å². The number of halogens is 1. The summed E-state index contributed by atoms with van der Waals surface area (Å²) in [5, 5.41) is 12.9. The molecule has 2 rings (SSSR count). The Labute approximate surface area is 129 Å². The van der Waals surface area contributed by atoms with Gasteiger partial charge in [0, 0.05) is 5.69 Å². The second-order valence-electron chi connectivity index (χ2n) is 4.97. The monoisotopic (exact) mass is 301 g/mol. The molecule has 0 saturated heterocycles. The van der Waals surface area contributed by atoms with Crippen molar-refractivity contribution in [3.63, 3.8) is 0 Å². The maximum absolute atomic E-state index is 12.8. The summed E-state index contributed by atoms with van der Waals surface area (Å²) < 4.78 is 12.8. The number of benzene rings is 2. The molecule has 2 aromatic rings. The van der Waals surface area contributed by atoms with Gasteiger partial charge in [0.2, 0.25) is 0 Å². The largest absolute Gasteiger partial charge is 0.386 e. The molecule has 22 heavy (non-hydrogen) atoms. The SMILES string of the molecule is CCc1ccc(NC(N)=NCC(O)c2ccc(F)cc2)cc1. The molecule has 1 atom stereocenters. The maximum atomic E-state index is 12.8. The minimum absolute atomic E-state index is 0.109. The summed E-state index contributed by atoms with van der Waals surface area (Å²) in [7, 11) is 0. The molecule has 0 bridgehead atoms. The predicted octanol–water partition coefficient (Wildman–Crippen LogP) is 2.85. The van der Waals surface area contributed by atoms with Crippen LogP contribution in [0.4, 0.5) is 10.1 Å². The Morgan fingerprint density at radius 2 is 1.82 bits per heavy atom. The first-order valence-electron chi connectivity index (χ1n) is 7.18. The van der Waals surface area contributed by atoms with E-state index in [1.165, 1.54) is 29.8 Å². The molecule has 0 amide bonds. The van der Waals surface area contributed by atoms with Gasteiger partial charge in [-0.15, -0.1) is 0 Å². The van der Waals surface area contributed by atoms with Gasteiger partial charge in [0.25, 0.3) is 0 Å². The average molecular weight is 301 g/mol. The number of aryl methyl sites for hydroxylation is 1. The van der Waals surface area contributed by atoms with Crippen LogP contribution in [0.5, 0.6) is 0 Å². The molecule has 4 nitrogen and oxygen atoms in total. The minimum atomic E-state index is -0.816. The summed E-state index contributed by atoms with van der Waals surface area (Å²) in [6.07, 6.45) is 0.164. The highest BCUT2D eigenvalue weighted by molar-refractivity contribution is 5.92. The van der Waals surface area contributed by atoms with E-state index in [1.54, 1.807) is 0 Å². The lowest BCUT2D eigenvalue weighted by atomic mass is 10.1.